The zero-order chi connectivity index (χ0) is 17.2. The summed E-state index contributed by atoms with van der Waals surface area (Å²) in [6.07, 6.45) is 14.9. The van der Waals surface area contributed by atoms with Crippen molar-refractivity contribution in [3.8, 4) is 0 Å². The van der Waals surface area contributed by atoms with E-state index in [-0.39, 0.29) is 11.6 Å². The van der Waals surface area contributed by atoms with Gasteiger partial charge in [-0.25, -0.2) is 5.48 Å². The Labute approximate surface area is 145 Å². The van der Waals surface area contributed by atoms with Crippen molar-refractivity contribution >= 4 is 5.71 Å². The van der Waals surface area contributed by atoms with Crippen LogP contribution in [-0.2, 0) is 4.84 Å². The molecule has 0 radical (unpaired) electrons. The topological polar surface area (TPSA) is 71.1 Å². The minimum atomic E-state index is -0.241. The average Bonchev–Trinajstić information content (AvgIpc) is 2.92. The summed E-state index contributed by atoms with van der Waals surface area (Å²) in [4.78, 5) is 5.70. The van der Waals surface area contributed by atoms with Gasteiger partial charge in [-0.3, -0.25) is 4.84 Å². The van der Waals surface area contributed by atoms with Gasteiger partial charge in [-0.15, -0.1) is 6.58 Å². The molecule has 0 spiro atoms. The maximum atomic E-state index is 8.22. The van der Waals surface area contributed by atoms with Crippen LogP contribution >= 0.6 is 0 Å². The minimum Gasteiger partial charge on any atom is -0.322 e. The van der Waals surface area contributed by atoms with Crippen LogP contribution in [0.15, 0.2) is 36.0 Å². The number of nitrogens with one attached hydrogen (secondary N) is 2. The van der Waals surface area contributed by atoms with Gasteiger partial charge in [0.05, 0.1) is 11.6 Å². The molecule has 3 aliphatic rings. The fraction of sp³-hybridized carbons (Fsp3) is 0.650. The Bertz CT molecular complexity index is 565. The van der Waals surface area contributed by atoms with Crippen LogP contribution in [0.5, 0.6) is 0 Å². The third-order valence-electron chi connectivity index (χ3n) is 6.22. The second-order valence-electron chi connectivity index (χ2n) is 7.56. The molecule has 132 valence electrons. The molecule has 0 aromatic heterocycles. The number of nitrogens with two attached hydrogens (primary N) is 1. The molecule has 24 heavy (non-hydrogen) atoms. The van der Waals surface area contributed by atoms with Gasteiger partial charge in [0.25, 0.3) is 0 Å². The molecule has 0 aromatic rings. The zero-order valence-electron chi connectivity index (χ0n) is 14.8. The molecule has 0 heterocycles. The van der Waals surface area contributed by atoms with E-state index in [1.54, 1.807) is 0 Å². The van der Waals surface area contributed by atoms with Crippen molar-refractivity contribution in [2.45, 2.75) is 63.0 Å². The van der Waals surface area contributed by atoms with Crippen molar-refractivity contribution in [1.29, 1.82) is 5.41 Å². The van der Waals surface area contributed by atoms with Crippen molar-refractivity contribution in [2.75, 3.05) is 7.05 Å². The molecule has 4 nitrogen and oxygen atoms in total. The van der Waals surface area contributed by atoms with Crippen LogP contribution in [0, 0.1) is 17.2 Å². The monoisotopic (exact) mass is 329 g/mol. The fourth-order valence-electron chi connectivity index (χ4n) is 4.80. The lowest BCUT2D eigenvalue weighted by Gasteiger charge is -2.41. The Morgan fingerprint density at radius 2 is 2.12 bits per heavy atom. The molecule has 4 atom stereocenters. The zero-order valence-corrected chi connectivity index (χ0v) is 14.8. The highest BCUT2D eigenvalue weighted by Crippen LogP contribution is 2.47. The first-order valence-corrected chi connectivity index (χ1v) is 9.29. The molecule has 2 unspecified atom stereocenters. The highest BCUT2D eigenvalue weighted by Gasteiger charge is 2.51. The number of hydrogen-bond acceptors (Lipinski definition) is 4. The maximum Gasteiger partial charge on any atom is 0.0975 e. The van der Waals surface area contributed by atoms with Gasteiger partial charge in [-0.2, -0.15) is 0 Å². The van der Waals surface area contributed by atoms with E-state index in [4.69, 9.17) is 16.0 Å². The molecule has 0 saturated heterocycles. The predicted octanol–water partition coefficient (Wildman–Crippen LogP) is 3.66. The molecule has 0 bridgehead atoms. The predicted molar refractivity (Wildman–Crippen MR) is 98.9 cm³/mol. The first-order valence-electron chi connectivity index (χ1n) is 9.29. The van der Waals surface area contributed by atoms with Crippen molar-refractivity contribution in [3.05, 3.63) is 36.0 Å². The van der Waals surface area contributed by atoms with E-state index in [2.05, 4.69) is 24.2 Å². The molecular formula is C20H31N3O. The van der Waals surface area contributed by atoms with E-state index in [0.29, 0.717) is 11.8 Å². The largest absolute Gasteiger partial charge is 0.322 e. The summed E-state index contributed by atoms with van der Waals surface area (Å²) in [5, 5.41) is 8.22. The van der Waals surface area contributed by atoms with Crippen molar-refractivity contribution in [2.24, 2.45) is 17.6 Å². The average molecular weight is 329 g/mol. The normalized spacial score (nSPS) is 40.1. The van der Waals surface area contributed by atoms with E-state index >= 15 is 0 Å². The van der Waals surface area contributed by atoms with Crippen LogP contribution in [0.3, 0.4) is 0 Å². The van der Waals surface area contributed by atoms with E-state index in [1.165, 1.54) is 11.1 Å². The van der Waals surface area contributed by atoms with E-state index < -0.39 is 0 Å². The Morgan fingerprint density at radius 3 is 2.88 bits per heavy atom. The summed E-state index contributed by atoms with van der Waals surface area (Å²) >= 11 is 0. The lowest BCUT2D eigenvalue weighted by molar-refractivity contribution is -0.0507. The van der Waals surface area contributed by atoms with Gasteiger partial charge >= 0.3 is 0 Å². The molecule has 0 aliphatic heterocycles. The molecular weight excluding hydrogens is 298 g/mol. The molecule has 0 amide bonds. The van der Waals surface area contributed by atoms with Gasteiger partial charge in [-0.05, 0) is 62.9 Å². The number of hydroxylamine groups is 1. The van der Waals surface area contributed by atoms with Crippen LogP contribution in [-0.4, -0.2) is 24.4 Å². The number of rotatable bonds is 4. The number of hydrogen-bond donors (Lipinski definition) is 3. The van der Waals surface area contributed by atoms with E-state index in [0.717, 1.165) is 57.1 Å². The molecule has 4 N–H and O–H groups in total. The first-order chi connectivity index (χ1) is 11.6. The summed E-state index contributed by atoms with van der Waals surface area (Å²) in [5.41, 5.74) is 12.8. The van der Waals surface area contributed by atoms with Crippen LogP contribution in [0.25, 0.3) is 0 Å². The summed E-state index contributed by atoms with van der Waals surface area (Å²) in [7, 11) is 1.81. The fourth-order valence-corrected chi connectivity index (χ4v) is 4.80. The van der Waals surface area contributed by atoms with E-state index in [1.807, 2.05) is 13.1 Å². The molecule has 3 saturated carbocycles. The molecule has 4 heteroatoms. The number of allylic oxidation sites excluding steroid dienone is 4. The molecule has 3 rings (SSSR count). The number of fused-ring (bicyclic) bond motifs is 1. The van der Waals surface area contributed by atoms with E-state index in [9.17, 15) is 0 Å². The third-order valence-corrected chi connectivity index (χ3v) is 6.22. The highest BCUT2D eigenvalue weighted by molar-refractivity contribution is 5.98. The maximum absolute atomic E-state index is 8.22. The summed E-state index contributed by atoms with van der Waals surface area (Å²) in [6, 6.07) is 0. The SMILES string of the molecule is C=C[C@@H]1CCC(=N)/C(=C\C=C2/CCC[C@]3(N)C(ONC)CCC23)C1. The van der Waals surface area contributed by atoms with Crippen molar-refractivity contribution in [3.63, 3.8) is 0 Å². The van der Waals surface area contributed by atoms with Crippen molar-refractivity contribution < 1.29 is 4.84 Å². The summed E-state index contributed by atoms with van der Waals surface area (Å²) in [5.74, 6) is 0.929. The van der Waals surface area contributed by atoms with Crippen molar-refractivity contribution in [1.82, 2.24) is 5.48 Å². The van der Waals surface area contributed by atoms with Gasteiger partial charge in [0, 0.05) is 18.7 Å². The van der Waals surface area contributed by atoms with Gasteiger partial charge < -0.3 is 11.1 Å². The quantitative estimate of drug-likeness (QED) is 0.544. The molecule has 0 aromatic carbocycles. The second kappa shape index (κ2) is 7.34. The Morgan fingerprint density at radius 1 is 1.29 bits per heavy atom. The second-order valence-corrected chi connectivity index (χ2v) is 7.56. The van der Waals surface area contributed by atoms with Gasteiger partial charge in [-0.1, -0.05) is 23.8 Å². The molecule has 3 aliphatic carbocycles. The van der Waals surface area contributed by atoms with Crippen LogP contribution in [0.1, 0.15) is 51.4 Å². The standard InChI is InChI=1S/C20H31N3O/c1-3-14-6-10-18(21)16(13-14)8-7-15-5-4-12-20(22)17(15)9-11-19(20)24-23-2/h3,7-8,14,17,19,21,23H,1,4-6,9-13,22H2,2H3/b15-7+,16-8-,21-18?/t14-,17?,19?,20-/m1/s1. The van der Waals surface area contributed by atoms with Crippen LogP contribution in [0.2, 0.25) is 0 Å². The molecule has 3 fully saturated rings. The third kappa shape index (κ3) is 3.28. The van der Waals surface area contributed by atoms with Gasteiger partial charge in [0.15, 0.2) is 0 Å². The Kier molecular flexibility index (Phi) is 5.38. The van der Waals surface area contributed by atoms with Crippen LogP contribution < -0.4 is 11.2 Å². The Hall–Kier alpha value is -1.23. The smallest absolute Gasteiger partial charge is 0.0975 e. The van der Waals surface area contributed by atoms with Gasteiger partial charge in [0.2, 0.25) is 0 Å². The van der Waals surface area contributed by atoms with Crippen LogP contribution in [0.4, 0.5) is 0 Å². The Balaban J connectivity index is 1.79. The summed E-state index contributed by atoms with van der Waals surface area (Å²) < 4.78 is 0. The van der Waals surface area contributed by atoms with Gasteiger partial charge in [0.1, 0.15) is 0 Å². The minimum absolute atomic E-state index is 0.0991. The highest BCUT2D eigenvalue weighted by atomic mass is 16.7. The lowest BCUT2D eigenvalue weighted by atomic mass is 9.71. The summed E-state index contributed by atoms with van der Waals surface area (Å²) in [6.45, 7) is 3.92. The lowest BCUT2D eigenvalue weighted by Crippen LogP contribution is -2.55. The first kappa shape index (κ1) is 17.6.